The molecule has 4 rings (SSSR count). The van der Waals surface area contributed by atoms with Gasteiger partial charge in [-0.1, -0.05) is 48.5 Å². The summed E-state index contributed by atoms with van der Waals surface area (Å²) >= 11 is 0. The molecule has 0 saturated carbocycles. The second kappa shape index (κ2) is 10.4. The Balaban J connectivity index is 1.20. The third-order valence-electron chi connectivity index (χ3n) is 6.33. The predicted molar refractivity (Wildman–Crippen MR) is 126 cm³/mol. The van der Waals surface area contributed by atoms with E-state index in [0.717, 1.165) is 37.7 Å². The second-order valence-electron chi connectivity index (χ2n) is 8.56. The van der Waals surface area contributed by atoms with E-state index in [1.165, 1.54) is 24.1 Å². The monoisotopic (exact) mass is 419 g/mol. The Bertz CT molecular complexity index is 898. The van der Waals surface area contributed by atoms with Gasteiger partial charge in [0.1, 0.15) is 0 Å². The van der Waals surface area contributed by atoms with Gasteiger partial charge in [-0.2, -0.15) is 0 Å². The van der Waals surface area contributed by atoms with Crippen molar-refractivity contribution in [3.8, 4) is 0 Å². The van der Waals surface area contributed by atoms with Gasteiger partial charge < -0.3 is 20.9 Å². The highest BCUT2D eigenvalue weighted by molar-refractivity contribution is 5.94. The molecule has 6 heteroatoms. The fraction of sp³-hybridized carbons (Fsp3) is 0.440. The van der Waals surface area contributed by atoms with Crippen LogP contribution < -0.4 is 16.0 Å². The number of hydrogen-bond acceptors (Lipinski definition) is 3. The molecule has 2 aliphatic rings. The van der Waals surface area contributed by atoms with E-state index in [-0.39, 0.29) is 11.8 Å². The molecule has 1 fully saturated rings. The maximum atomic E-state index is 12.0. The van der Waals surface area contributed by atoms with E-state index in [1.54, 1.807) is 7.05 Å². The van der Waals surface area contributed by atoms with E-state index in [4.69, 9.17) is 0 Å². The van der Waals surface area contributed by atoms with Crippen molar-refractivity contribution in [2.45, 2.75) is 25.2 Å². The van der Waals surface area contributed by atoms with Gasteiger partial charge in [0.2, 0.25) is 5.91 Å². The molecule has 1 saturated heterocycles. The van der Waals surface area contributed by atoms with E-state index >= 15 is 0 Å². The van der Waals surface area contributed by atoms with E-state index in [1.807, 2.05) is 18.2 Å². The molecule has 0 spiro atoms. The smallest absolute Gasteiger partial charge is 0.225 e. The van der Waals surface area contributed by atoms with Crippen molar-refractivity contribution in [2.75, 3.05) is 45.1 Å². The number of nitrogens with zero attached hydrogens (tertiary/aromatic N) is 2. The summed E-state index contributed by atoms with van der Waals surface area (Å²) in [4.78, 5) is 19.0. The van der Waals surface area contributed by atoms with Crippen molar-refractivity contribution in [3.63, 3.8) is 0 Å². The van der Waals surface area contributed by atoms with Crippen LogP contribution in [0.1, 0.15) is 29.9 Å². The Morgan fingerprint density at radius 2 is 1.87 bits per heavy atom. The number of likely N-dealkylation sites (tertiary alicyclic amines) is 1. The molecule has 2 unspecified atom stereocenters. The number of benzene rings is 2. The van der Waals surface area contributed by atoms with Crippen LogP contribution in [0, 0.1) is 5.92 Å². The molecule has 2 heterocycles. The third kappa shape index (κ3) is 5.85. The highest BCUT2D eigenvalue weighted by Gasteiger charge is 2.25. The molecular formula is C25H33N5O. The fourth-order valence-corrected chi connectivity index (χ4v) is 4.58. The molecular weight excluding hydrogens is 386 g/mol. The number of para-hydroxylation sites is 1. The number of anilines is 1. The summed E-state index contributed by atoms with van der Waals surface area (Å²) in [5.74, 6) is 1.68. The van der Waals surface area contributed by atoms with Crippen LogP contribution in [-0.2, 0) is 11.2 Å². The van der Waals surface area contributed by atoms with Gasteiger partial charge in [0, 0.05) is 51.3 Å². The maximum absolute atomic E-state index is 12.0. The Morgan fingerprint density at radius 3 is 2.71 bits per heavy atom. The minimum absolute atomic E-state index is 0.0787. The first-order chi connectivity index (χ1) is 15.2. The number of amides is 1. The van der Waals surface area contributed by atoms with Gasteiger partial charge in [-0.25, -0.2) is 0 Å². The van der Waals surface area contributed by atoms with Crippen molar-refractivity contribution in [2.24, 2.45) is 10.9 Å². The molecule has 3 N–H and O–H groups in total. The number of hydrogen-bond donors (Lipinski definition) is 3. The van der Waals surface area contributed by atoms with Crippen LogP contribution in [0.2, 0.25) is 0 Å². The number of aliphatic imine (C=N–C) groups is 1. The maximum Gasteiger partial charge on any atom is 0.225 e. The molecule has 2 atom stereocenters. The highest BCUT2D eigenvalue weighted by Crippen LogP contribution is 2.31. The van der Waals surface area contributed by atoms with Crippen LogP contribution >= 0.6 is 0 Å². The summed E-state index contributed by atoms with van der Waals surface area (Å²) < 4.78 is 0. The Labute approximate surface area is 185 Å². The number of carbonyl (C=O) groups excluding carboxylic acids is 1. The molecule has 1 amide bonds. The van der Waals surface area contributed by atoms with Crippen molar-refractivity contribution >= 4 is 17.6 Å². The lowest BCUT2D eigenvalue weighted by atomic mass is 9.90. The molecule has 0 aromatic heterocycles. The van der Waals surface area contributed by atoms with Gasteiger partial charge >= 0.3 is 0 Å². The molecule has 2 aromatic rings. The number of rotatable bonds is 7. The van der Waals surface area contributed by atoms with Gasteiger partial charge in [0.15, 0.2) is 5.96 Å². The SMILES string of the molecule is CN=C(NCC1CCN(CCc2ccccc2)C1)NCC1CC(=O)Nc2ccccc21. The quantitative estimate of drug-likeness (QED) is 0.477. The molecule has 31 heavy (non-hydrogen) atoms. The van der Waals surface area contributed by atoms with Gasteiger partial charge in [-0.3, -0.25) is 9.79 Å². The summed E-state index contributed by atoms with van der Waals surface area (Å²) in [5.41, 5.74) is 3.52. The van der Waals surface area contributed by atoms with Crippen molar-refractivity contribution < 1.29 is 4.79 Å². The lowest BCUT2D eigenvalue weighted by molar-refractivity contribution is -0.116. The molecule has 2 aliphatic heterocycles. The first-order valence-corrected chi connectivity index (χ1v) is 11.3. The Morgan fingerprint density at radius 1 is 1.10 bits per heavy atom. The minimum atomic E-state index is 0.0787. The normalized spacial score (nSPS) is 21.5. The fourth-order valence-electron chi connectivity index (χ4n) is 4.58. The van der Waals surface area contributed by atoms with Crippen LogP contribution in [0.15, 0.2) is 59.6 Å². The number of nitrogens with one attached hydrogen (secondary N) is 3. The van der Waals surface area contributed by atoms with Crippen LogP contribution in [-0.4, -0.2) is 56.5 Å². The zero-order valence-corrected chi connectivity index (χ0v) is 18.3. The largest absolute Gasteiger partial charge is 0.356 e. The summed E-state index contributed by atoms with van der Waals surface area (Å²) in [6.45, 7) is 5.03. The number of fused-ring (bicyclic) bond motifs is 1. The zero-order valence-electron chi connectivity index (χ0n) is 18.3. The predicted octanol–water partition coefficient (Wildman–Crippen LogP) is 2.84. The van der Waals surface area contributed by atoms with E-state index < -0.39 is 0 Å². The number of carbonyl (C=O) groups is 1. The average Bonchev–Trinajstić information content (AvgIpc) is 3.26. The van der Waals surface area contributed by atoms with E-state index in [2.05, 4.69) is 62.2 Å². The second-order valence-corrected chi connectivity index (χ2v) is 8.56. The topological polar surface area (TPSA) is 68.8 Å². The minimum Gasteiger partial charge on any atom is -0.356 e. The zero-order chi connectivity index (χ0) is 21.5. The Kier molecular flexibility index (Phi) is 7.20. The molecule has 0 radical (unpaired) electrons. The first-order valence-electron chi connectivity index (χ1n) is 11.3. The average molecular weight is 420 g/mol. The van der Waals surface area contributed by atoms with Gasteiger partial charge in [0.25, 0.3) is 0 Å². The van der Waals surface area contributed by atoms with Crippen LogP contribution in [0.25, 0.3) is 0 Å². The van der Waals surface area contributed by atoms with Gasteiger partial charge in [0.05, 0.1) is 0 Å². The van der Waals surface area contributed by atoms with Gasteiger partial charge in [-0.15, -0.1) is 0 Å². The van der Waals surface area contributed by atoms with Crippen molar-refractivity contribution in [1.82, 2.24) is 15.5 Å². The molecule has 0 bridgehead atoms. The standard InChI is InChI=1S/C25H33N5O/c1-26-25(28-17-21-15-24(31)29-23-10-6-5-9-22(21)23)27-16-20-12-14-30(18-20)13-11-19-7-3-2-4-8-19/h2-10,20-21H,11-18H2,1H3,(H,29,31)(H2,26,27,28). The summed E-state index contributed by atoms with van der Waals surface area (Å²) in [6, 6.07) is 18.8. The molecule has 2 aromatic carbocycles. The van der Waals surface area contributed by atoms with Crippen LogP contribution in [0.3, 0.4) is 0 Å². The molecule has 0 aliphatic carbocycles. The Hall–Kier alpha value is -2.86. The summed E-state index contributed by atoms with van der Waals surface area (Å²) in [7, 11) is 1.80. The summed E-state index contributed by atoms with van der Waals surface area (Å²) in [6.07, 6.45) is 2.83. The van der Waals surface area contributed by atoms with Crippen molar-refractivity contribution in [1.29, 1.82) is 0 Å². The molecule has 6 nitrogen and oxygen atoms in total. The van der Waals surface area contributed by atoms with Crippen LogP contribution in [0.4, 0.5) is 5.69 Å². The van der Waals surface area contributed by atoms with Crippen LogP contribution in [0.5, 0.6) is 0 Å². The first kappa shape index (κ1) is 21.4. The summed E-state index contributed by atoms with van der Waals surface area (Å²) in [5, 5.41) is 9.88. The highest BCUT2D eigenvalue weighted by atomic mass is 16.1. The van der Waals surface area contributed by atoms with E-state index in [9.17, 15) is 4.79 Å². The molecule has 164 valence electrons. The van der Waals surface area contributed by atoms with Gasteiger partial charge in [-0.05, 0) is 42.5 Å². The lowest BCUT2D eigenvalue weighted by Gasteiger charge is -2.26. The van der Waals surface area contributed by atoms with E-state index in [0.29, 0.717) is 18.9 Å². The van der Waals surface area contributed by atoms with Crippen molar-refractivity contribution in [3.05, 3.63) is 65.7 Å². The number of guanidine groups is 1. The third-order valence-corrected chi connectivity index (χ3v) is 6.33. The lowest BCUT2D eigenvalue weighted by Crippen LogP contribution is -2.42.